The maximum Gasteiger partial charge on any atom is 0.271 e. The summed E-state index contributed by atoms with van der Waals surface area (Å²) >= 11 is 0. The molecule has 10 heteroatoms. The summed E-state index contributed by atoms with van der Waals surface area (Å²) in [4.78, 5) is 22.8. The molecule has 31 heavy (non-hydrogen) atoms. The van der Waals surface area contributed by atoms with Gasteiger partial charge in [-0.1, -0.05) is 25.3 Å². The van der Waals surface area contributed by atoms with Gasteiger partial charge in [-0.2, -0.15) is 0 Å². The van der Waals surface area contributed by atoms with Crippen LogP contribution in [0.15, 0.2) is 47.4 Å². The summed E-state index contributed by atoms with van der Waals surface area (Å²) < 4.78 is 33.1. The maximum atomic E-state index is 12.9. The molecule has 1 saturated carbocycles. The molecule has 0 aromatic heterocycles. The van der Waals surface area contributed by atoms with Crippen molar-refractivity contribution in [3.05, 3.63) is 58.1 Å². The number of hydrogen-bond acceptors (Lipinski definition) is 6. The Balaban J connectivity index is 1.77. The van der Waals surface area contributed by atoms with E-state index in [9.17, 15) is 23.3 Å². The van der Waals surface area contributed by atoms with Crippen LogP contribution in [0.5, 0.6) is 5.75 Å². The molecule has 2 aromatic carbocycles. The van der Waals surface area contributed by atoms with E-state index in [1.54, 1.807) is 6.07 Å². The van der Waals surface area contributed by atoms with Gasteiger partial charge in [0, 0.05) is 24.2 Å². The summed E-state index contributed by atoms with van der Waals surface area (Å²) in [6.07, 6.45) is 5.74. The summed E-state index contributed by atoms with van der Waals surface area (Å²) in [5.74, 6) is 0.249. The lowest BCUT2D eigenvalue weighted by Gasteiger charge is -2.21. The van der Waals surface area contributed by atoms with Crippen LogP contribution >= 0.6 is 0 Å². The van der Waals surface area contributed by atoms with E-state index >= 15 is 0 Å². The number of hydrogen-bond donors (Lipinski definition) is 2. The number of nitro groups is 1. The molecule has 1 fully saturated rings. The molecule has 3 rings (SSSR count). The molecular weight excluding hydrogens is 422 g/mol. The van der Waals surface area contributed by atoms with Crippen LogP contribution in [0.2, 0.25) is 0 Å². The molecule has 2 aromatic rings. The van der Waals surface area contributed by atoms with E-state index in [0.29, 0.717) is 12.5 Å². The maximum absolute atomic E-state index is 12.9. The van der Waals surface area contributed by atoms with Gasteiger partial charge in [-0.25, -0.2) is 8.42 Å². The zero-order valence-electron chi connectivity index (χ0n) is 17.2. The topological polar surface area (TPSA) is 128 Å². The molecule has 1 aliphatic carbocycles. The Morgan fingerprint density at radius 2 is 1.90 bits per heavy atom. The van der Waals surface area contributed by atoms with E-state index in [-0.39, 0.29) is 33.5 Å². The van der Waals surface area contributed by atoms with Gasteiger partial charge in [-0.05, 0) is 43.0 Å². The van der Waals surface area contributed by atoms with Gasteiger partial charge in [0.2, 0.25) is 0 Å². The van der Waals surface area contributed by atoms with E-state index < -0.39 is 14.9 Å². The fourth-order valence-corrected chi connectivity index (χ4v) is 4.73. The van der Waals surface area contributed by atoms with Crippen molar-refractivity contribution in [3.8, 4) is 5.75 Å². The third-order valence-electron chi connectivity index (χ3n) is 5.32. The molecule has 2 N–H and O–H groups in total. The molecule has 0 unspecified atom stereocenters. The quantitative estimate of drug-likeness (QED) is 0.469. The van der Waals surface area contributed by atoms with Gasteiger partial charge >= 0.3 is 0 Å². The number of nitrogens with zero attached hydrogens (tertiary/aromatic N) is 1. The van der Waals surface area contributed by atoms with Crippen LogP contribution in [-0.2, 0) is 10.0 Å². The predicted octanol–water partition coefficient (Wildman–Crippen LogP) is 3.71. The van der Waals surface area contributed by atoms with Crippen molar-refractivity contribution in [1.29, 1.82) is 0 Å². The number of amides is 1. The highest BCUT2D eigenvalue weighted by atomic mass is 32.2. The molecule has 1 amide bonds. The molecule has 9 nitrogen and oxygen atoms in total. The molecule has 0 heterocycles. The third kappa shape index (κ3) is 5.72. The molecule has 0 aliphatic heterocycles. The Kier molecular flexibility index (Phi) is 7.11. The SMILES string of the molecule is COc1ccc([N+](=O)[O-])cc1NS(=O)(=O)c1cccc(C(=O)NCC2CCCCC2)c1. The number of sulfonamides is 1. The zero-order chi connectivity index (χ0) is 22.4. The van der Waals surface area contributed by atoms with E-state index in [0.717, 1.165) is 18.9 Å². The molecule has 166 valence electrons. The average molecular weight is 448 g/mol. The van der Waals surface area contributed by atoms with Crippen molar-refractivity contribution in [1.82, 2.24) is 5.32 Å². The Morgan fingerprint density at radius 1 is 1.16 bits per heavy atom. The lowest BCUT2D eigenvalue weighted by atomic mass is 9.89. The first-order valence-corrected chi connectivity index (χ1v) is 11.5. The van der Waals surface area contributed by atoms with Crippen LogP contribution in [-0.4, -0.2) is 32.9 Å². The largest absolute Gasteiger partial charge is 0.495 e. The highest BCUT2D eigenvalue weighted by Gasteiger charge is 2.21. The molecule has 0 spiro atoms. The van der Waals surface area contributed by atoms with Crippen LogP contribution in [0.3, 0.4) is 0 Å². The summed E-state index contributed by atoms with van der Waals surface area (Å²) in [6, 6.07) is 9.26. The number of ether oxygens (including phenoxy) is 1. The highest BCUT2D eigenvalue weighted by Crippen LogP contribution is 2.31. The van der Waals surface area contributed by atoms with Gasteiger partial charge < -0.3 is 10.1 Å². The van der Waals surface area contributed by atoms with Gasteiger partial charge in [-0.3, -0.25) is 19.6 Å². The van der Waals surface area contributed by atoms with Crippen LogP contribution in [0, 0.1) is 16.0 Å². The van der Waals surface area contributed by atoms with Gasteiger partial charge in [0.15, 0.2) is 0 Å². The Labute approximate surface area is 181 Å². The van der Waals surface area contributed by atoms with Gasteiger partial charge in [-0.15, -0.1) is 0 Å². The van der Waals surface area contributed by atoms with Crippen molar-refractivity contribution < 1.29 is 22.9 Å². The van der Waals surface area contributed by atoms with Crippen molar-refractivity contribution in [2.45, 2.75) is 37.0 Å². The average Bonchev–Trinajstić information content (AvgIpc) is 2.78. The van der Waals surface area contributed by atoms with Crippen molar-refractivity contribution in [2.24, 2.45) is 5.92 Å². The minimum absolute atomic E-state index is 0.0659. The van der Waals surface area contributed by atoms with Crippen molar-refractivity contribution in [3.63, 3.8) is 0 Å². The number of non-ortho nitro benzene ring substituents is 1. The van der Waals surface area contributed by atoms with E-state index in [4.69, 9.17) is 4.74 Å². The first-order chi connectivity index (χ1) is 14.8. The lowest BCUT2D eigenvalue weighted by molar-refractivity contribution is -0.384. The summed E-state index contributed by atoms with van der Waals surface area (Å²) in [7, 11) is -2.78. The second kappa shape index (κ2) is 9.78. The summed E-state index contributed by atoms with van der Waals surface area (Å²) in [6.45, 7) is 0.568. The third-order valence-corrected chi connectivity index (χ3v) is 6.68. The molecule has 0 saturated heterocycles. The number of nitrogens with one attached hydrogen (secondary N) is 2. The normalized spacial score (nSPS) is 14.6. The first-order valence-electron chi connectivity index (χ1n) is 10.0. The van der Waals surface area contributed by atoms with Crippen LogP contribution in [0.1, 0.15) is 42.5 Å². The minimum Gasteiger partial charge on any atom is -0.495 e. The molecule has 0 bridgehead atoms. The molecular formula is C21H25N3O6S. The molecule has 0 atom stereocenters. The van der Waals surface area contributed by atoms with Crippen LogP contribution in [0.4, 0.5) is 11.4 Å². The van der Waals surface area contributed by atoms with Crippen LogP contribution in [0.25, 0.3) is 0 Å². The Morgan fingerprint density at radius 3 is 2.58 bits per heavy atom. The van der Waals surface area contributed by atoms with Gasteiger partial charge in [0.1, 0.15) is 5.75 Å². The smallest absolute Gasteiger partial charge is 0.271 e. The number of benzene rings is 2. The van der Waals surface area contributed by atoms with Crippen LogP contribution < -0.4 is 14.8 Å². The number of anilines is 1. The van der Waals surface area contributed by atoms with Gasteiger partial charge in [0.05, 0.1) is 22.6 Å². The Hall–Kier alpha value is -3.14. The fourth-order valence-electron chi connectivity index (χ4n) is 3.63. The minimum atomic E-state index is -4.11. The van der Waals surface area contributed by atoms with Crippen molar-refractivity contribution in [2.75, 3.05) is 18.4 Å². The standard InChI is InChI=1S/C21H25N3O6S/c1-30-20-11-10-17(24(26)27)13-19(20)23-31(28,29)18-9-5-8-16(12-18)21(25)22-14-15-6-3-2-4-7-15/h5,8-13,15,23H,2-4,6-7,14H2,1H3,(H,22,25). The highest BCUT2D eigenvalue weighted by molar-refractivity contribution is 7.92. The number of nitro benzene ring substituents is 1. The molecule has 1 aliphatic rings. The van der Waals surface area contributed by atoms with E-state index in [2.05, 4.69) is 10.0 Å². The van der Waals surface area contributed by atoms with E-state index in [1.807, 2.05) is 0 Å². The van der Waals surface area contributed by atoms with E-state index in [1.165, 1.54) is 56.7 Å². The number of carbonyl (C=O) groups excluding carboxylic acids is 1. The second-order valence-corrected chi connectivity index (χ2v) is 9.17. The first kappa shape index (κ1) is 22.5. The Bertz CT molecular complexity index is 1060. The zero-order valence-corrected chi connectivity index (χ0v) is 18.0. The monoisotopic (exact) mass is 447 g/mol. The van der Waals surface area contributed by atoms with Crippen molar-refractivity contribution >= 4 is 27.3 Å². The molecule has 0 radical (unpaired) electrons. The summed E-state index contributed by atoms with van der Waals surface area (Å²) in [5, 5.41) is 13.9. The van der Waals surface area contributed by atoms with Gasteiger partial charge in [0.25, 0.3) is 21.6 Å². The number of rotatable bonds is 8. The second-order valence-electron chi connectivity index (χ2n) is 7.49. The number of carbonyl (C=O) groups is 1. The summed E-state index contributed by atoms with van der Waals surface area (Å²) in [5.41, 5.74) is -0.122. The lowest BCUT2D eigenvalue weighted by Crippen LogP contribution is -2.30. The predicted molar refractivity (Wildman–Crippen MR) is 116 cm³/mol. The number of methoxy groups -OCH3 is 1. The fraction of sp³-hybridized carbons (Fsp3) is 0.381.